The van der Waals surface area contributed by atoms with E-state index in [0.29, 0.717) is 0 Å². The molecule has 2 heteroatoms. The lowest BCUT2D eigenvalue weighted by molar-refractivity contribution is -0.0958. The van der Waals surface area contributed by atoms with Gasteiger partial charge in [-0.25, -0.2) is 0 Å². The smallest absolute Gasteiger partial charge is 0.119 e. The number of aliphatic hydroxyl groups is 1. The molecule has 1 aliphatic rings. The second-order valence-corrected chi connectivity index (χ2v) is 6.15. The number of ether oxygens (including phenoxy) is 1. The first-order valence-corrected chi connectivity index (χ1v) is 6.82. The van der Waals surface area contributed by atoms with E-state index in [-0.39, 0.29) is 5.41 Å². The molecule has 0 radical (unpaired) electrons. The summed E-state index contributed by atoms with van der Waals surface area (Å²) in [6.07, 6.45) is 5.08. The van der Waals surface area contributed by atoms with Crippen molar-refractivity contribution in [3.8, 4) is 5.75 Å². The molecule has 1 unspecified atom stereocenters. The highest BCUT2D eigenvalue weighted by Gasteiger charge is 2.44. The Bertz CT molecular complexity index is 411. The maximum atomic E-state index is 11.0. The van der Waals surface area contributed by atoms with E-state index in [1.807, 2.05) is 18.2 Å². The zero-order valence-corrected chi connectivity index (χ0v) is 11.7. The Morgan fingerprint density at radius 2 is 1.94 bits per heavy atom. The van der Waals surface area contributed by atoms with Crippen LogP contribution in [0.5, 0.6) is 5.75 Å². The molecule has 0 saturated heterocycles. The molecule has 0 heterocycles. The first-order valence-electron chi connectivity index (χ1n) is 6.82. The molecule has 1 fully saturated rings. The molecule has 100 valence electrons. The normalized spacial score (nSPS) is 26.9. The fourth-order valence-corrected chi connectivity index (χ4v) is 3.00. The van der Waals surface area contributed by atoms with Crippen LogP contribution in [-0.4, -0.2) is 17.8 Å². The molecule has 0 aliphatic heterocycles. The number of benzene rings is 1. The van der Waals surface area contributed by atoms with Gasteiger partial charge in [-0.1, -0.05) is 38.8 Å². The monoisotopic (exact) mass is 248 g/mol. The topological polar surface area (TPSA) is 29.5 Å². The minimum Gasteiger partial charge on any atom is -0.497 e. The average Bonchev–Trinajstić information content (AvgIpc) is 2.33. The van der Waals surface area contributed by atoms with Crippen molar-refractivity contribution in [2.24, 2.45) is 5.41 Å². The van der Waals surface area contributed by atoms with Crippen molar-refractivity contribution in [2.75, 3.05) is 7.11 Å². The minimum atomic E-state index is -0.586. The van der Waals surface area contributed by atoms with E-state index in [4.69, 9.17) is 4.74 Å². The van der Waals surface area contributed by atoms with Crippen LogP contribution >= 0.6 is 0 Å². The van der Waals surface area contributed by atoms with Gasteiger partial charge in [-0.05, 0) is 36.0 Å². The van der Waals surface area contributed by atoms with Crippen molar-refractivity contribution >= 4 is 0 Å². The molecule has 2 nitrogen and oxygen atoms in total. The Morgan fingerprint density at radius 3 is 2.61 bits per heavy atom. The van der Waals surface area contributed by atoms with Crippen LogP contribution in [0.2, 0.25) is 0 Å². The number of rotatable bonds is 3. The van der Waals surface area contributed by atoms with E-state index in [2.05, 4.69) is 19.9 Å². The molecule has 1 saturated carbocycles. The van der Waals surface area contributed by atoms with Crippen LogP contribution < -0.4 is 4.74 Å². The highest BCUT2D eigenvalue weighted by molar-refractivity contribution is 5.30. The van der Waals surface area contributed by atoms with E-state index >= 15 is 0 Å². The summed E-state index contributed by atoms with van der Waals surface area (Å²) in [5.41, 5.74) is 0.568. The zero-order valence-electron chi connectivity index (χ0n) is 11.7. The summed E-state index contributed by atoms with van der Waals surface area (Å²) in [4.78, 5) is 0. The molecular weight excluding hydrogens is 224 g/mol. The van der Waals surface area contributed by atoms with Gasteiger partial charge >= 0.3 is 0 Å². The Labute approximate surface area is 110 Å². The van der Waals surface area contributed by atoms with Crippen molar-refractivity contribution in [2.45, 2.75) is 51.6 Å². The fourth-order valence-electron chi connectivity index (χ4n) is 3.00. The van der Waals surface area contributed by atoms with E-state index in [1.54, 1.807) is 7.11 Å². The number of hydrogen-bond acceptors (Lipinski definition) is 2. The van der Waals surface area contributed by atoms with Gasteiger partial charge in [0, 0.05) is 6.42 Å². The lowest BCUT2D eigenvalue weighted by Gasteiger charge is -2.46. The lowest BCUT2D eigenvalue weighted by Crippen LogP contribution is -2.48. The Morgan fingerprint density at radius 1 is 1.22 bits per heavy atom. The van der Waals surface area contributed by atoms with Gasteiger partial charge in [0.15, 0.2) is 0 Å². The summed E-state index contributed by atoms with van der Waals surface area (Å²) in [6, 6.07) is 8.04. The quantitative estimate of drug-likeness (QED) is 0.886. The van der Waals surface area contributed by atoms with E-state index in [9.17, 15) is 5.11 Å². The average molecular weight is 248 g/mol. The van der Waals surface area contributed by atoms with Gasteiger partial charge < -0.3 is 9.84 Å². The molecule has 1 aliphatic carbocycles. The van der Waals surface area contributed by atoms with Crippen LogP contribution in [0.1, 0.15) is 45.1 Å². The molecule has 0 amide bonds. The van der Waals surface area contributed by atoms with Crippen molar-refractivity contribution in [1.29, 1.82) is 0 Å². The fraction of sp³-hybridized carbons (Fsp3) is 0.625. The van der Waals surface area contributed by atoms with Crippen LogP contribution in [0.25, 0.3) is 0 Å². The summed E-state index contributed by atoms with van der Waals surface area (Å²) < 4.78 is 5.25. The molecule has 1 aromatic rings. The van der Waals surface area contributed by atoms with Crippen molar-refractivity contribution in [3.05, 3.63) is 29.8 Å². The van der Waals surface area contributed by atoms with Crippen LogP contribution in [0.4, 0.5) is 0 Å². The SMILES string of the molecule is COc1cccc(CC2(O)CCCCC2(C)C)c1. The summed E-state index contributed by atoms with van der Waals surface area (Å²) in [5.74, 6) is 0.865. The van der Waals surface area contributed by atoms with Gasteiger partial charge in [-0.2, -0.15) is 0 Å². The second kappa shape index (κ2) is 4.93. The summed E-state index contributed by atoms with van der Waals surface area (Å²) in [7, 11) is 1.68. The third-order valence-corrected chi connectivity index (χ3v) is 4.53. The summed E-state index contributed by atoms with van der Waals surface area (Å²) in [6.45, 7) is 4.37. The Kier molecular flexibility index (Phi) is 3.67. The van der Waals surface area contributed by atoms with Crippen molar-refractivity contribution < 1.29 is 9.84 Å². The Hall–Kier alpha value is -1.02. The first-order chi connectivity index (χ1) is 8.47. The summed E-state index contributed by atoms with van der Waals surface area (Å²) >= 11 is 0. The van der Waals surface area contributed by atoms with Crippen LogP contribution in [-0.2, 0) is 6.42 Å². The number of hydrogen-bond donors (Lipinski definition) is 1. The third-order valence-electron chi connectivity index (χ3n) is 4.53. The minimum absolute atomic E-state index is 0.00563. The lowest BCUT2D eigenvalue weighted by atomic mass is 9.63. The van der Waals surface area contributed by atoms with Crippen molar-refractivity contribution in [3.63, 3.8) is 0 Å². The molecule has 2 rings (SSSR count). The maximum Gasteiger partial charge on any atom is 0.119 e. The van der Waals surface area contributed by atoms with Crippen LogP contribution in [0.3, 0.4) is 0 Å². The molecule has 1 aromatic carbocycles. The molecular formula is C16H24O2. The molecule has 1 atom stereocenters. The van der Waals surface area contributed by atoms with E-state index < -0.39 is 5.60 Å². The summed E-state index contributed by atoms with van der Waals surface area (Å²) in [5, 5.41) is 11.0. The first kappa shape index (κ1) is 13.4. The Balaban J connectivity index is 2.20. The third kappa shape index (κ3) is 2.54. The van der Waals surface area contributed by atoms with E-state index in [0.717, 1.165) is 37.0 Å². The highest BCUT2D eigenvalue weighted by atomic mass is 16.5. The molecule has 18 heavy (non-hydrogen) atoms. The molecule has 0 bridgehead atoms. The predicted octanol–water partition coefficient (Wildman–Crippen LogP) is 3.57. The standard InChI is InChI=1S/C16H24O2/c1-15(2)9-4-5-10-16(15,17)12-13-7-6-8-14(11-13)18-3/h6-8,11,17H,4-5,9-10,12H2,1-3H3. The van der Waals surface area contributed by atoms with Gasteiger partial charge in [-0.15, -0.1) is 0 Å². The highest BCUT2D eigenvalue weighted by Crippen LogP contribution is 2.45. The van der Waals surface area contributed by atoms with Gasteiger partial charge in [-0.3, -0.25) is 0 Å². The van der Waals surface area contributed by atoms with Crippen LogP contribution in [0.15, 0.2) is 24.3 Å². The van der Waals surface area contributed by atoms with Gasteiger partial charge in [0.05, 0.1) is 12.7 Å². The number of methoxy groups -OCH3 is 1. The van der Waals surface area contributed by atoms with Gasteiger partial charge in [0.1, 0.15) is 5.75 Å². The largest absolute Gasteiger partial charge is 0.497 e. The van der Waals surface area contributed by atoms with E-state index in [1.165, 1.54) is 6.42 Å². The second-order valence-electron chi connectivity index (χ2n) is 6.15. The predicted molar refractivity (Wildman–Crippen MR) is 73.9 cm³/mol. The van der Waals surface area contributed by atoms with Crippen LogP contribution in [0, 0.1) is 5.41 Å². The van der Waals surface area contributed by atoms with Crippen molar-refractivity contribution in [1.82, 2.24) is 0 Å². The molecule has 0 spiro atoms. The molecule has 0 aromatic heterocycles. The zero-order chi connectivity index (χ0) is 13.2. The van der Waals surface area contributed by atoms with Gasteiger partial charge in [0.25, 0.3) is 0 Å². The van der Waals surface area contributed by atoms with Gasteiger partial charge in [0.2, 0.25) is 0 Å². The molecule has 1 N–H and O–H groups in total. The maximum absolute atomic E-state index is 11.0.